The van der Waals surface area contributed by atoms with E-state index in [2.05, 4.69) is 17.1 Å². The van der Waals surface area contributed by atoms with Crippen LogP contribution < -0.4 is 10.1 Å². The molecule has 2 saturated heterocycles. The normalized spacial score (nSPS) is 26.3. The molecule has 4 rings (SSSR count). The molecular weight excluding hydrogens is 318 g/mol. The van der Waals surface area contributed by atoms with E-state index >= 15 is 0 Å². The standard InChI is InChI=1S/C19H25N3O3/c1-2-21-10-4-8-15(21)16-9-5-11-22(16)19(24)13-6-3-7-14-18(13)25-12-17(23)20-14/h3,6-7,15-16H,2,4-5,8-12H2,1H3,(H,20,23)/t15-,16-/m0/s1. The van der Waals surface area contributed by atoms with E-state index in [4.69, 9.17) is 4.74 Å². The minimum atomic E-state index is -0.180. The zero-order valence-corrected chi connectivity index (χ0v) is 14.7. The van der Waals surface area contributed by atoms with Crippen LogP contribution in [0.4, 0.5) is 5.69 Å². The average Bonchev–Trinajstić information content (AvgIpc) is 3.28. The number of likely N-dealkylation sites (tertiary alicyclic amines) is 2. The van der Waals surface area contributed by atoms with Crippen molar-refractivity contribution < 1.29 is 14.3 Å². The SMILES string of the molecule is CCN1CCC[C@H]1[C@@H]1CCCN1C(=O)c1cccc2c1OCC(=O)N2. The molecule has 3 heterocycles. The fourth-order valence-electron chi connectivity index (χ4n) is 4.56. The summed E-state index contributed by atoms with van der Waals surface area (Å²) in [5, 5.41) is 2.79. The summed E-state index contributed by atoms with van der Waals surface area (Å²) in [6.45, 7) is 5.14. The van der Waals surface area contributed by atoms with Crippen molar-refractivity contribution in [1.82, 2.24) is 9.80 Å². The number of carbonyl (C=O) groups excluding carboxylic acids is 2. The first kappa shape index (κ1) is 16.4. The zero-order valence-electron chi connectivity index (χ0n) is 14.7. The smallest absolute Gasteiger partial charge is 0.262 e. The van der Waals surface area contributed by atoms with Crippen LogP contribution in [0.5, 0.6) is 5.75 Å². The molecule has 2 atom stereocenters. The molecule has 0 bridgehead atoms. The number of hydrogen-bond donors (Lipinski definition) is 1. The Balaban J connectivity index is 1.60. The number of anilines is 1. The fourth-order valence-corrected chi connectivity index (χ4v) is 4.56. The first-order valence-corrected chi connectivity index (χ1v) is 9.29. The molecule has 0 aromatic heterocycles. The second-order valence-electron chi connectivity index (χ2n) is 7.07. The summed E-state index contributed by atoms with van der Waals surface area (Å²) in [6, 6.07) is 6.14. The van der Waals surface area contributed by atoms with E-state index in [-0.39, 0.29) is 24.5 Å². The number of amides is 2. The maximum absolute atomic E-state index is 13.3. The molecule has 0 unspecified atom stereocenters. The summed E-state index contributed by atoms with van der Waals surface area (Å²) >= 11 is 0. The van der Waals surface area contributed by atoms with Crippen LogP contribution in [0.3, 0.4) is 0 Å². The van der Waals surface area contributed by atoms with Gasteiger partial charge in [0.1, 0.15) is 0 Å². The summed E-state index contributed by atoms with van der Waals surface area (Å²) in [5.74, 6) is 0.357. The van der Waals surface area contributed by atoms with Crippen molar-refractivity contribution in [2.24, 2.45) is 0 Å². The van der Waals surface area contributed by atoms with Crippen molar-refractivity contribution >= 4 is 17.5 Å². The highest BCUT2D eigenvalue weighted by Gasteiger charge is 2.40. The highest BCUT2D eigenvalue weighted by atomic mass is 16.5. The lowest BCUT2D eigenvalue weighted by atomic mass is 10.0. The number of hydrogen-bond acceptors (Lipinski definition) is 4. The lowest BCUT2D eigenvalue weighted by Crippen LogP contribution is -2.48. The molecule has 1 aromatic carbocycles. The Morgan fingerprint density at radius 1 is 1.24 bits per heavy atom. The van der Waals surface area contributed by atoms with Gasteiger partial charge in [-0.1, -0.05) is 13.0 Å². The van der Waals surface area contributed by atoms with Gasteiger partial charge in [0.25, 0.3) is 11.8 Å². The van der Waals surface area contributed by atoms with Crippen molar-refractivity contribution in [3.05, 3.63) is 23.8 Å². The topological polar surface area (TPSA) is 61.9 Å². The van der Waals surface area contributed by atoms with Gasteiger partial charge in [0.05, 0.1) is 11.3 Å². The molecule has 0 saturated carbocycles. The maximum Gasteiger partial charge on any atom is 0.262 e. The van der Waals surface area contributed by atoms with Crippen molar-refractivity contribution in [3.63, 3.8) is 0 Å². The van der Waals surface area contributed by atoms with E-state index in [0.29, 0.717) is 23.0 Å². The Labute approximate surface area is 148 Å². The molecule has 2 amide bonds. The van der Waals surface area contributed by atoms with E-state index in [1.165, 1.54) is 12.8 Å². The minimum absolute atomic E-state index is 0.0263. The third-order valence-corrected chi connectivity index (χ3v) is 5.69. The van der Waals surface area contributed by atoms with Crippen LogP contribution in [-0.2, 0) is 4.79 Å². The summed E-state index contributed by atoms with van der Waals surface area (Å²) in [7, 11) is 0. The molecule has 2 fully saturated rings. The molecule has 1 N–H and O–H groups in total. The molecular formula is C19H25N3O3. The molecule has 0 aliphatic carbocycles. The van der Waals surface area contributed by atoms with Crippen molar-refractivity contribution in [2.45, 2.75) is 44.7 Å². The molecule has 0 spiro atoms. The van der Waals surface area contributed by atoms with Crippen LogP contribution in [0.1, 0.15) is 43.0 Å². The van der Waals surface area contributed by atoms with Gasteiger partial charge >= 0.3 is 0 Å². The number of para-hydroxylation sites is 1. The first-order valence-electron chi connectivity index (χ1n) is 9.29. The third-order valence-electron chi connectivity index (χ3n) is 5.69. The molecule has 6 nitrogen and oxygen atoms in total. The second-order valence-corrected chi connectivity index (χ2v) is 7.07. The van der Waals surface area contributed by atoms with Gasteiger partial charge in [-0.25, -0.2) is 0 Å². The zero-order chi connectivity index (χ0) is 17.4. The van der Waals surface area contributed by atoms with E-state index in [1.54, 1.807) is 18.2 Å². The van der Waals surface area contributed by atoms with Crippen molar-refractivity contribution in [3.8, 4) is 5.75 Å². The number of ether oxygens (including phenoxy) is 1. The van der Waals surface area contributed by atoms with Gasteiger partial charge < -0.3 is 15.0 Å². The molecule has 25 heavy (non-hydrogen) atoms. The van der Waals surface area contributed by atoms with Crippen LogP contribution in [0.25, 0.3) is 0 Å². The monoisotopic (exact) mass is 343 g/mol. The lowest BCUT2D eigenvalue weighted by molar-refractivity contribution is -0.118. The van der Waals surface area contributed by atoms with Gasteiger partial charge in [-0.2, -0.15) is 0 Å². The largest absolute Gasteiger partial charge is 0.481 e. The third kappa shape index (κ3) is 2.88. The van der Waals surface area contributed by atoms with Crippen LogP contribution in [0.2, 0.25) is 0 Å². The Morgan fingerprint density at radius 2 is 2.04 bits per heavy atom. The van der Waals surface area contributed by atoms with E-state index in [1.807, 2.05) is 4.90 Å². The molecule has 6 heteroatoms. The Morgan fingerprint density at radius 3 is 2.88 bits per heavy atom. The Kier molecular flexibility index (Phi) is 4.37. The predicted molar refractivity (Wildman–Crippen MR) is 94.9 cm³/mol. The van der Waals surface area contributed by atoms with Gasteiger partial charge in [0.15, 0.2) is 12.4 Å². The number of benzene rings is 1. The van der Waals surface area contributed by atoms with Crippen LogP contribution in [0.15, 0.2) is 18.2 Å². The Bertz CT molecular complexity index is 690. The molecule has 134 valence electrons. The fraction of sp³-hybridized carbons (Fsp3) is 0.579. The summed E-state index contributed by atoms with van der Waals surface area (Å²) in [4.78, 5) is 29.3. The summed E-state index contributed by atoms with van der Waals surface area (Å²) in [5.41, 5.74) is 1.15. The second kappa shape index (κ2) is 6.67. The Hall–Kier alpha value is -2.08. The van der Waals surface area contributed by atoms with Crippen molar-refractivity contribution in [1.29, 1.82) is 0 Å². The van der Waals surface area contributed by atoms with Gasteiger partial charge in [-0.3, -0.25) is 14.5 Å². The maximum atomic E-state index is 13.3. The van der Waals surface area contributed by atoms with E-state index < -0.39 is 0 Å². The number of likely N-dealkylation sites (N-methyl/N-ethyl adjacent to an activating group) is 1. The average molecular weight is 343 g/mol. The number of nitrogens with one attached hydrogen (secondary N) is 1. The van der Waals surface area contributed by atoms with Crippen molar-refractivity contribution in [2.75, 3.05) is 31.6 Å². The number of rotatable bonds is 3. The number of nitrogens with zero attached hydrogens (tertiary/aromatic N) is 2. The lowest BCUT2D eigenvalue weighted by Gasteiger charge is -2.35. The minimum Gasteiger partial charge on any atom is -0.481 e. The molecule has 3 aliphatic heterocycles. The molecule has 3 aliphatic rings. The van der Waals surface area contributed by atoms with Crippen LogP contribution in [-0.4, -0.2) is 59.9 Å². The molecule has 1 aromatic rings. The van der Waals surface area contributed by atoms with Gasteiger partial charge in [0.2, 0.25) is 0 Å². The highest BCUT2D eigenvalue weighted by molar-refractivity contribution is 6.03. The predicted octanol–water partition coefficient (Wildman–Crippen LogP) is 2.11. The van der Waals surface area contributed by atoms with Gasteiger partial charge in [0, 0.05) is 18.6 Å². The highest BCUT2D eigenvalue weighted by Crippen LogP contribution is 2.35. The summed E-state index contributed by atoms with van der Waals surface area (Å²) in [6.07, 6.45) is 4.51. The van der Waals surface area contributed by atoms with Crippen LogP contribution in [0, 0.1) is 0 Å². The van der Waals surface area contributed by atoms with Gasteiger partial charge in [-0.05, 0) is 50.9 Å². The first-order chi connectivity index (χ1) is 12.2. The van der Waals surface area contributed by atoms with E-state index in [0.717, 1.165) is 32.5 Å². The van der Waals surface area contributed by atoms with Crippen LogP contribution >= 0.6 is 0 Å². The number of fused-ring (bicyclic) bond motifs is 1. The number of carbonyl (C=O) groups is 2. The summed E-state index contributed by atoms with van der Waals surface area (Å²) < 4.78 is 5.58. The quantitative estimate of drug-likeness (QED) is 0.913. The van der Waals surface area contributed by atoms with Gasteiger partial charge in [-0.15, -0.1) is 0 Å². The van der Waals surface area contributed by atoms with E-state index in [9.17, 15) is 9.59 Å². The molecule has 0 radical (unpaired) electrons.